The number of furan rings is 1. The number of anilines is 1. The number of carbonyl (C=O) groups excluding carboxylic acids is 2. The van der Waals surface area contributed by atoms with Crippen molar-refractivity contribution in [1.82, 2.24) is 9.73 Å². The van der Waals surface area contributed by atoms with Gasteiger partial charge in [-0.2, -0.15) is 9.41 Å². The largest absolute Gasteiger partial charge is 0.459 e. The molecule has 4 aromatic rings. The van der Waals surface area contributed by atoms with Crippen molar-refractivity contribution in [3.63, 3.8) is 0 Å². The second-order valence-electron chi connectivity index (χ2n) is 10.3. The Morgan fingerprint density at radius 3 is 2.07 bits per heavy atom. The van der Waals surface area contributed by atoms with Crippen LogP contribution in [0.15, 0.2) is 99.3 Å². The highest BCUT2D eigenvalue weighted by atomic mass is 32.2. The molecule has 4 rings (SSSR count). The zero-order valence-corrected chi connectivity index (χ0v) is 24.8. The van der Waals surface area contributed by atoms with Gasteiger partial charge < -0.3 is 9.73 Å². The molecule has 1 heterocycles. The Morgan fingerprint density at radius 1 is 0.833 bits per heavy atom. The average molecular weight is 587 g/mol. The van der Waals surface area contributed by atoms with Crippen LogP contribution in [0.5, 0.6) is 0 Å². The van der Waals surface area contributed by atoms with Gasteiger partial charge in [-0.3, -0.25) is 9.59 Å². The van der Waals surface area contributed by atoms with Crippen LogP contribution in [0.2, 0.25) is 0 Å². The van der Waals surface area contributed by atoms with Crippen molar-refractivity contribution in [2.24, 2.45) is 5.10 Å². The summed E-state index contributed by atoms with van der Waals surface area (Å²) in [5.74, 6) is -0.799. The summed E-state index contributed by atoms with van der Waals surface area (Å²) in [7, 11) is -3.85. The minimum Gasteiger partial charge on any atom is -0.459 e. The summed E-state index contributed by atoms with van der Waals surface area (Å²) in [4.78, 5) is 24.6. The molecular weight excluding hydrogens is 552 g/mol. The van der Waals surface area contributed by atoms with Crippen molar-refractivity contribution in [2.75, 3.05) is 5.32 Å². The molecule has 3 aromatic carbocycles. The maximum atomic E-state index is 13.6. The standard InChI is InChI=1S/C32H34N4O5S/c1-22(2)26-11-13-27(14-12-26)34-31(37)32(38)35-33-19-28-15-16-29(41-28)21-36(20-25-9-5-23(3)6-10-25)42(39,40)30-17-7-24(4)8-18-30/h5-19,22H,20-21H2,1-4H3,(H,34,37)(H,35,38). The number of aryl methyl sites for hydroxylation is 2. The number of carbonyl (C=O) groups is 2. The zero-order valence-electron chi connectivity index (χ0n) is 24.0. The number of hydrazone groups is 1. The van der Waals surface area contributed by atoms with Gasteiger partial charge in [-0.25, -0.2) is 13.8 Å². The topological polar surface area (TPSA) is 121 Å². The molecule has 1 aromatic heterocycles. The van der Waals surface area contributed by atoms with Crippen LogP contribution < -0.4 is 10.7 Å². The smallest absolute Gasteiger partial charge is 0.329 e. The maximum absolute atomic E-state index is 13.6. The van der Waals surface area contributed by atoms with Gasteiger partial charge in [0.05, 0.1) is 17.7 Å². The van der Waals surface area contributed by atoms with E-state index in [0.717, 1.165) is 22.3 Å². The van der Waals surface area contributed by atoms with Crippen LogP contribution in [0.1, 0.15) is 53.5 Å². The molecule has 0 radical (unpaired) electrons. The fourth-order valence-electron chi connectivity index (χ4n) is 4.05. The minimum absolute atomic E-state index is 0.0255. The van der Waals surface area contributed by atoms with Crippen molar-refractivity contribution in [1.29, 1.82) is 0 Å². The second-order valence-corrected chi connectivity index (χ2v) is 12.2. The van der Waals surface area contributed by atoms with Crippen LogP contribution in [-0.4, -0.2) is 30.8 Å². The first-order valence-corrected chi connectivity index (χ1v) is 14.9. The fraction of sp³-hybridized carbons (Fsp3) is 0.219. The molecule has 0 spiro atoms. The van der Waals surface area contributed by atoms with E-state index in [0.29, 0.717) is 17.4 Å². The molecule has 0 unspecified atom stereocenters. The highest BCUT2D eigenvalue weighted by Crippen LogP contribution is 2.23. The molecule has 0 aliphatic carbocycles. The fourth-order valence-corrected chi connectivity index (χ4v) is 5.44. The van der Waals surface area contributed by atoms with E-state index >= 15 is 0 Å². The molecule has 0 saturated carbocycles. The van der Waals surface area contributed by atoms with E-state index < -0.39 is 21.8 Å². The van der Waals surface area contributed by atoms with E-state index in [1.54, 1.807) is 48.5 Å². The lowest BCUT2D eigenvalue weighted by Crippen LogP contribution is -2.32. The van der Waals surface area contributed by atoms with Crippen LogP contribution in [0.25, 0.3) is 0 Å². The van der Waals surface area contributed by atoms with Crippen LogP contribution in [0, 0.1) is 13.8 Å². The molecule has 218 valence electrons. The van der Waals surface area contributed by atoms with Gasteiger partial charge in [-0.15, -0.1) is 0 Å². The summed E-state index contributed by atoms with van der Waals surface area (Å²) in [6, 6.07) is 24.8. The quantitative estimate of drug-likeness (QED) is 0.144. The number of benzene rings is 3. The molecule has 0 saturated heterocycles. The SMILES string of the molecule is Cc1ccc(CN(Cc2ccc(C=NNC(=O)C(=O)Nc3ccc(C(C)C)cc3)o2)S(=O)(=O)c2ccc(C)cc2)cc1. The lowest BCUT2D eigenvalue weighted by molar-refractivity contribution is -0.136. The number of hydrogen-bond acceptors (Lipinski definition) is 6. The van der Waals surface area contributed by atoms with E-state index in [2.05, 4.69) is 29.7 Å². The van der Waals surface area contributed by atoms with E-state index in [9.17, 15) is 18.0 Å². The molecule has 0 aliphatic heterocycles. The van der Waals surface area contributed by atoms with Crippen molar-refractivity contribution in [2.45, 2.75) is 51.6 Å². The Labute approximate surface area is 246 Å². The van der Waals surface area contributed by atoms with Gasteiger partial charge in [0.25, 0.3) is 0 Å². The molecule has 42 heavy (non-hydrogen) atoms. The molecule has 2 N–H and O–H groups in total. The summed E-state index contributed by atoms with van der Waals surface area (Å²) in [5, 5.41) is 6.33. The van der Waals surface area contributed by atoms with Gasteiger partial charge in [0.2, 0.25) is 10.0 Å². The predicted octanol–water partition coefficient (Wildman–Crippen LogP) is 5.50. The van der Waals surface area contributed by atoms with Crippen LogP contribution in [0.3, 0.4) is 0 Å². The highest BCUT2D eigenvalue weighted by molar-refractivity contribution is 7.89. The summed E-state index contributed by atoms with van der Waals surface area (Å²) in [6.45, 7) is 8.11. The molecule has 0 atom stereocenters. The number of sulfonamides is 1. The Balaban J connectivity index is 1.41. The Kier molecular flexibility index (Phi) is 9.72. The lowest BCUT2D eigenvalue weighted by atomic mass is 10.0. The highest BCUT2D eigenvalue weighted by Gasteiger charge is 2.26. The molecule has 0 fully saturated rings. The van der Waals surface area contributed by atoms with Crippen LogP contribution in [0.4, 0.5) is 5.69 Å². The van der Waals surface area contributed by atoms with Crippen molar-refractivity contribution >= 4 is 33.7 Å². The number of nitrogens with zero attached hydrogens (tertiary/aromatic N) is 2. The summed E-state index contributed by atoms with van der Waals surface area (Å²) in [5.41, 5.74) is 6.65. The van der Waals surface area contributed by atoms with Crippen molar-refractivity contribution < 1.29 is 22.4 Å². The van der Waals surface area contributed by atoms with Crippen molar-refractivity contribution in [3.05, 3.63) is 119 Å². The third-order valence-electron chi connectivity index (χ3n) is 6.55. The molecule has 9 nitrogen and oxygen atoms in total. The van der Waals surface area contributed by atoms with Crippen LogP contribution in [-0.2, 0) is 32.7 Å². The first-order valence-electron chi connectivity index (χ1n) is 13.5. The summed E-state index contributed by atoms with van der Waals surface area (Å²) >= 11 is 0. The Bertz CT molecular complexity index is 1660. The second kappa shape index (κ2) is 13.4. The first kappa shape index (κ1) is 30.4. The van der Waals surface area contributed by atoms with Crippen LogP contribution >= 0.6 is 0 Å². The van der Waals surface area contributed by atoms with Gasteiger partial charge in [-0.1, -0.05) is 73.5 Å². The van der Waals surface area contributed by atoms with Gasteiger partial charge in [0.15, 0.2) is 0 Å². The number of nitrogens with one attached hydrogen (secondary N) is 2. The molecule has 0 bridgehead atoms. The molecule has 10 heteroatoms. The first-order chi connectivity index (χ1) is 20.0. The maximum Gasteiger partial charge on any atom is 0.329 e. The number of rotatable bonds is 10. The molecular formula is C32H34N4O5S. The van der Waals surface area contributed by atoms with E-state index in [1.165, 1.54) is 10.5 Å². The van der Waals surface area contributed by atoms with E-state index in [1.807, 2.05) is 50.2 Å². The van der Waals surface area contributed by atoms with E-state index in [-0.39, 0.29) is 23.7 Å². The monoisotopic (exact) mass is 586 g/mol. The summed E-state index contributed by atoms with van der Waals surface area (Å²) < 4.78 is 34.3. The normalized spacial score (nSPS) is 11.8. The zero-order chi connectivity index (χ0) is 30.3. The average Bonchev–Trinajstić information content (AvgIpc) is 3.41. The van der Waals surface area contributed by atoms with Gasteiger partial charge >= 0.3 is 11.8 Å². The molecule has 0 aliphatic rings. The van der Waals surface area contributed by atoms with Gasteiger partial charge in [0, 0.05) is 12.2 Å². The van der Waals surface area contributed by atoms with Gasteiger partial charge in [-0.05, 0) is 67.3 Å². The third kappa shape index (κ3) is 8.02. The summed E-state index contributed by atoms with van der Waals surface area (Å²) in [6.07, 6.45) is 1.24. The number of amides is 2. The van der Waals surface area contributed by atoms with E-state index in [4.69, 9.17) is 4.42 Å². The number of hydrogen-bond donors (Lipinski definition) is 2. The van der Waals surface area contributed by atoms with Crippen molar-refractivity contribution in [3.8, 4) is 0 Å². The molecule has 2 amide bonds. The predicted molar refractivity (Wildman–Crippen MR) is 162 cm³/mol. The third-order valence-corrected chi connectivity index (χ3v) is 8.36. The lowest BCUT2D eigenvalue weighted by Gasteiger charge is -2.21. The minimum atomic E-state index is -3.85. The Hall–Kier alpha value is -4.54. The van der Waals surface area contributed by atoms with Gasteiger partial charge in [0.1, 0.15) is 11.5 Å². The Morgan fingerprint density at radius 2 is 1.45 bits per heavy atom.